The minimum Gasteiger partial charge on any atom is -0.487 e. The van der Waals surface area contributed by atoms with E-state index in [1.807, 2.05) is 23.8 Å². The maximum absolute atomic E-state index is 15.0. The number of hydrogen-bond acceptors (Lipinski definition) is 6. The third kappa shape index (κ3) is 2.51. The number of carboxylic acid groups (broad SMARTS) is 1. The van der Waals surface area contributed by atoms with E-state index in [2.05, 4.69) is 4.90 Å². The third-order valence-corrected chi connectivity index (χ3v) is 5.55. The summed E-state index contributed by atoms with van der Waals surface area (Å²) < 4.78 is 20.9. The number of halogens is 1. The van der Waals surface area contributed by atoms with Gasteiger partial charge in [0.05, 0.1) is 11.7 Å². The Labute approximate surface area is 150 Å². The molecule has 0 aliphatic carbocycles. The number of aliphatic carboxylic acids is 1. The van der Waals surface area contributed by atoms with E-state index in [-0.39, 0.29) is 18.2 Å². The van der Waals surface area contributed by atoms with E-state index < -0.39 is 23.5 Å². The zero-order valence-corrected chi connectivity index (χ0v) is 14.9. The summed E-state index contributed by atoms with van der Waals surface area (Å²) in [6.45, 7) is 5.31. The van der Waals surface area contributed by atoms with Gasteiger partial charge in [-0.15, -0.1) is 0 Å². The normalized spacial score (nSPS) is 25.7. The quantitative estimate of drug-likeness (QED) is 0.788. The van der Waals surface area contributed by atoms with Gasteiger partial charge in [-0.1, -0.05) is 0 Å². The molecule has 3 heterocycles. The molecule has 26 heavy (non-hydrogen) atoms. The summed E-state index contributed by atoms with van der Waals surface area (Å²) in [6, 6.07) is 1.11. The summed E-state index contributed by atoms with van der Waals surface area (Å²) >= 11 is 0. The van der Waals surface area contributed by atoms with Crippen LogP contribution in [0.25, 0.3) is 0 Å². The van der Waals surface area contributed by atoms with Gasteiger partial charge in [0, 0.05) is 38.3 Å². The van der Waals surface area contributed by atoms with Crippen molar-refractivity contribution in [1.82, 2.24) is 4.90 Å². The second-order valence-corrected chi connectivity index (χ2v) is 7.29. The maximum atomic E-state index is 15.0. The average Bonchev–Trinajstić information content (AvgIpc) is 2.60. The Morgan fingerprint density at radius 1 is 1.27 bits per heavy atom. The smallest absolute Gasteiger partial charge is 0.316 e. The summed E-state index contributed by atoms with van der Waals surface area (Å²) in [5.41, 5.74) is 1.04. The molecule has 0 bridgehead atoms. The van der Waals surface area contributed by atoms with E-state index in [9.17, 15) is 14.7 Å². The number of carboxylic acids is 1. The minimum absolute atomic E-state index is 0.0815. The second kappa shape index (κ2) is 6.12. The topological polar surface area (TPSA) is 73.3 Å². The fraction of sp³-hybridized carbons (Fsp3) is 0.556. The van der Waals surface area contributed by atoms with Gasteiger partial charge in [-0.25, -0.2) is 4.39 Å². The van der Waals surface area contributed by atoms with Crippen LogP contribution in [0.2, 0.25) is 0 Å². The average molecular weight is 363 g/mol. The number of likely N-dealkylation sites (N-methyl/N-ethyl adjacent to an activating group) is 1. The van der Waals surface area contributed by atoms with Crippen LogP contribution in [0.15, 0.2) is 6.07 Å². The minimum atomic E-state index is -1.18. The van der Waals surface area contributed by atoms with Crippen molar-refractivity contribution in [3.05, 3.63) is 17.4 Å². The van der Waals surface area contributed by atoms with Crippen molar-refractivity contribution in [3.8, 4) is 5.75 Å². The largest absolute Gasteiger partial charge is 0.487 e. The first-order valence-corrected chi connectivity index (χ1v) is 8.85. The Morgan fingerprint density at radius 2 is 1.96 bits per heavy atom. The standard InChI is InChI=1S/C18H22FN3O4/c1-10-9-26-17-14-11(16(23)12(18(24)25)8-22(10)14)7-13(19)15(17)21-5-3-20(2)4-6-21/h7,10,12H,3-6,8-9H2,1-2H3,(H,24,25). The van der Waals surface area contributed by atoms with Crippen LogP contribution in [-0.4, -0.2) is 74.2 Å². The van der Waals surface area contributed by atoms with E-state index in [0.717, 1.165) is 13.1 Å². The first kappa shape index (κ1) is 17.1. The maximum Gasteiger partial charge on any atom is 0.316 e. The van der Waals surface area contributed by atoms with Crippen molar-refractivity contribution < 1.29 is 23.8 Å². The number of piperazine rings is 1. The molecule has 3 aliphatic heterocycles. The molecule has 1 N–H and O–H groups in total. The van der Waals surface area contributed by atoms with Crippen LogP contribution in [-0.2, 0) is 4.79 Å². The highest BCUT2D eigenvalue weighted by Crippen LogP contribution is 2.48. The van der Waals surface area contributed by atoms with Gasteiger partial charge >= 0.3 is 5.97 Å². The summed E-state index contributed by atoms with van der Waals surface area (Å²) in [5.74, 6) is -3.06. The molecule has 1 fully saturated rings. The first-order chi connectivity index (χ1) is 12.4. The summed E-state index contributed by atoms with van der Waals surface area (Å²) in [4.78, 5) is 30.1. The molecule has 7 nitrogen and oxygen atoms in total. The highest BCUT2D eigenvalue weighted by atomic mass is 19.1. The number of carbonyl (C=O) groups is 2. The number of rotatable bonds is 2. The van der Waals surface area contributed by atoms with Crippen molar-refractivity contribution in [2.75, 3.05) is 56.2 Å². The van der Waals surface area contributed by atoms with Crippen LogP contribution in [0, 0.1) is 11.7 Å². The fourth-order valence-corrected chi connectivity index (χ4v) is 3.98. The Hall–Kier alpha value is -2.35. The number of benzene rings is 1. The lowest BCUT2D eigenvalue weighted by molar-refractivity contribution is -0.139. The van der Waals surface area contributed by atoms with Crippen LogP contribution in [0.5, 0.6) is 5.75 Å². The van der Waals surface area contributed by atoms with Gasteiger partial charge in [0.1, 0.15) is 18.2 Å². The van der Waals surface area contributed by atoms with Crippen molar-refractivity contribution in [1.29, 1.82) is 0 Å². The Kier molecular flexibility index (Phi) is 4.02. The molecule has 0 radical (unpaired) electrons. The lowest BCUT2D eigenvalue weighted by atomic mass is 9.88. The Balaban J connectivity index is 1.85. The van der Waals surface area contributed by atoms with E-state index in [1.165, 1.54) is 6.07 Å². The number of anilines is 2. The lowest BCUT2D eigenvalue weighted by Crippen LogP contribution is -2.51. The van der Waals surface area contributed by atoms with Gasteiger partial charge in [-0.2, -0.15) is 0 Å². The molecule has 2 atom stereocenters. The van der Waals surface area contributed by atoms with E-state index in [4.69, 9.17) is 4.74 Å². The molecule has 0 amide bonds. The molecule has 0 saturated carbocycles. The summed E-state index contributed by atoms with van der Waals surface area (Å²) in [5, 5.41) is 9.39. The molecule has 1 aromatic rings. The first-order valence-electron chi connectivity index (χ1n) is 8.85. The van der Waals surface area contributed by atoms with E-state index in [0.29, 0.717) is 36.8 Å². The van der Waals surface area contributed by atoms with Gasteiger partial charge < -0.3 is 24.5 Å². The zero-order valence-electron chi connectivity index (χ0n) is 14.9. The summed E-state index contributed by atoms with van der Waals surface area (Å²) in [6.07, 6.45) is 0. The molecule has 2 unspecified atom stereocenters. The van der Waals surface area contributed by atoms with Crippen molar-refractivity contribution in [2.45, 2.75) is 13.0 Å². The van der Waals surface area contributed by atoms with Crippen LogP contribution in [0.3, 0.4) is 0 Å². The number of ether oxygens (including phenoxy) is 1. The lowest BCUT2D eigenvalue weighted by Gasteiger charge is -2.44. The number of carbonyl (C=O) groups excluding carboxylic acids is 1. The highest BCUT2D eigenvalue weighted by Gasteiger charge is 2.44. The predicted octanol–water partition coefficient (Wildman–Crippen LogP) is 1.06. The molecular weight excluding hydrogens is 341 g/mol. The van der Waals surface area contributed by atoms with E-state index >= 15 is 4.39 Å². The molecule has 4 rings (SSSR count). The second-order valence-electron chi connectivity index (χ2n) is 7.29. The predicted molar refractivity (Wildman–Crippen MR) is 93.9 cm³/mol. The Bertz CT molecular complexity index is 776. The molecule has 1 saturated heterocycles. The number of Topliss-reactive ketones (excluding diaryl/α,β-unsaturated/α-hetero) is 1. The zero-order chi connectivity index (χ0) is 18.6. The molecule has 140 valence electrons. The highest BCUT2D eigenvalue weighted by molar-refractivity contribution is 6.14. The van der Waals surface area contributed by atoms with Crippen LogP contribution in [0.4, 0.5) is 15.8 Å². The summed E-state index contributed by atoms with van der Waals surface area (Å²) in [7, 11) is 2.02. The number of hydrogen-bond donors (Lipinski definition) is 1. The van der Waals surface area contributed by atoms with Crippen LogP contribution in [0.1, 0.15) is 17.3 Å². The number of ketones is 1. The van der Waals surface area contributed by atoms with E-state index in [1.54, 1.807) is 0 Å². The van der Waals surface area contributed by atoms with Crippen LogP contribution >= 0.6 is 0 Å². The number of nitrogens with zero attached hydrogens (tertiary/aromatic N) is 3. The monoisotopic (exact) mass is 363 g/mol. The molecule has 3 aliphatic rings. The Morgan fingerprint density at radius 3 is 2.62 bits per heavy atom. The van der Waals surface area contributed by atoms with Crippen molar-refractivity contribution in [3.63, 3.8) is 0 Å². The van der Waals surface area contributed by atoms with Gasteiger partial charge in [-0.3, -0.25) is 9.59 Å². The van der Waals surface area contributed by atoms with Gasteiger partial charge in [0.2, 0.25) is 0 Å². The molecule has 0 aromatic heterocycles. The van der Waals surface area contributed by atoms with Crippen LogP contribution < -0.4 is 14.5 Å². The SMILES string of the molecule is CC1COc2c(N3CCN(C)CC3)c(F)cc3c2N1CC(C(=O)O)C3=O. The molecule has 8 heteroatoms. The fourth-order valence-electron chi connectivity index (χ4n) is 3.98. The van der Waals surface area contributed by atoms with Crippen molar-refractivity contribution in [2.24, 2.45) is 5.92 Å². The van der Waals surface area contributed by atoms with Gasteiger partial charge in [-0.05, 0) is 20.0 Å². The molecule has 0 spiro atoms. The molecular formula is C18H22FN3O4. The van der Waals surface area contributed by atoms with Gasteiger partial charge in [0.25, 0.3) is 0 Å². The molecule has 1 aromatic carbocycles. The van der Waals surface area contributed by atoms with Gasteiger partial charge in [0.15, 0.2) is 17.3 Å². The third-order valence-electron chi connectivity index (χ3n) is 5.55. The van der Waals surface area contributed by atoms with Crippen molar-refractivity contribution >= 4 is 23.1 Å².